The summed E-state index contributed by atoms with van der Waals surface area (Å²) in [5.74, 6) is -0.208. The molecule has 7 heteroatoms. The third-order valence-electron chi connectivity index (χ3n) is 2.39. The van der Waals surface area contributed by atoms with E-state index in [9.17, 15) is 4.79 Å². The maximum absolute atomic E-state index is 11.4. The van der Waals surface area contributed by atoms with Crippen LogP contribution in [0.3, 0.4) is 0 Å². The lowest BCUT2D eigenvalue weighted by molar-refractivity contribution is -0.144. The van der Waals surface area contributed by atoms with Gasteiger partial charge < -0.3 is 4.74 Å². The molecule has 78 valence electrons. The Hall–Kier alpha value is -0.945. The molecule has 0 spiro atoms. The average molecular weight is 223 g/mol. The van der Waals surface area contributed by atoms with Crippen molar-refractivity contribution in [2.24, 2.45) is 0 Å². The van der Waals surface area contributed by atoms with Crippen LogP contribution in [0.4, 0.5) is 0 Å². The number of aromatic nitrogens is 2. The molecule has 0 atom stereocenters. The van der Waals surface area contributed by atoms with Crippen LogP contribution in [-0.2, 0) is 16.1 Å². The highest BCUT2D eigenvalue weighted by Gasteiger charge is 2.50. The number of esters is 1. The minimum absolute atomic E-state index is 0.208. The van der Waals surface area contributed by atoms with E-state index in [-0.39, 0.29) is 5.97 Å². The summed E-state index contributed by atoms with van der Waals surface area (Å²) in [6.45, 7) is 0.504. The summed E-state index contributed by atoms with van der Waals surface area (Å²) in [6.07, 6.45) is 1.63. The molecular formula is C8H10BN3O2S. The highest BCUT2D eigenvalue weighted by atomic mass is 32.1. The Morgan fingerprint density at radius 3 is 2.87 bits per heavy atom. The number of nitrogens with one attached hydrogen (secondary N) is 1. The van der Waals surface area contributed by atoms with Crippen molar-refractivity contribution in [1.82, 2.24) is 15.5 Å². The molecule has 1 saturated carbocycles. The first kappa shape index (κ1) is 10.6. The fraction of sp³-hybridized carbons (Fsp3) is 0.625. The van der Waals surface area contributed by atoms with Crippen molar-refractivity contribution in [3.8, 4) is 0 Å². The summed E-state index contributed by atoms with van der Waals surface area (Å²) >= 11 is 1.32. The number of methoxy groups -OCH3 is 1. The van der Waals surface area contributed by atoms with Gasteiger partial charge in [0.1, 0.15) is 10.5 Å². The molecule has 0 saturated heterocycles. The largest absolute Gasteiger partial charge is 0.468 e. The highest BCUT2D eigenvalue weighted by Crippen LogP contribution is 2.36. The van der Waals surface area contributed by atoms with Crippen LogP contribution < -0.4 is 10.2 Å². The molecule has 1 aromatic rings. The zero-order valence-electron chi connectivity index (χ0n) is 8.32. The van der Waals surface area contributed by atoms with Gasteiger partial charge in [-0.1, -0.05) is 0 Å². The fourth-order valence-electron chi connectivity index (χ4n) is 1.36. The van der Waals surface area contributed by atoms with Gasteiger partial charge in [0, 0.05) is 0 Å². The molecule has 0 aromatic carbocycles. The molecule has 0 aliphatic heterocycles. The third-order valence-corrected chi connectivity index (χ3v) is 3.14. The Balaban J connectivity index is 1.91. The lowest BCUT2D eigenvalue weighted by atomic mass is 10.2. The van der Waals surface area contributed by atoms with Crippen molar-refractivity contribution in [3.05, 3.63) is 5.01 Å². The van der Waals surface area contributed by atoms with E-state index in [1.54, 1.807) is 0 Å². The Labute approximate surface area is 92.6 Å². The topological polar surface area (TPSA) is 64.1 Å². The standard InChI is InChI=1S/C8H10BN3O2S/c1-14-6(13)8(2-3-8)10-4-5-11-12-7(9)15-5/h10H,2-4H2,1H3. The summed E-state index contributed by atoms with van der Waals surface area (Å²) in [6, 6.07) is 0. The maximum Gasteiger partial charge on any atom is 0.326 e. The summed E-state index contributed by atoms with van der Waals surface area (Å²) < 4.78 is 4.71. The van der Waals surface area contributed by atoms with Crippen LogP contribution >= 0.6 is 11.3 Å². The van der Waals surface area contributed by atoms with Gasteiger partial charge in [-0.3, -0.25) is 10.1 Å². The van der Waals surface area contributed by atoms with E-state index in [2.05, 4.69) is 15.5 Å². The van der Waals surface area contributed by atoms with Crippen molar-refractivity contribution >= 4 is 30.1 Å². The third kappa shape index (κ3) is 2.18. The predicted molar refractivity (Wildman–Crippen MR) is 56.1 cm³/mol. The van der Waals surface area contributed by atoms with E-state index in [1.807, 2.05) is 0 Å². The van der Waals surface area contributed by atoms with Crippen molar-refractivity contribution in [1.29, 1.82) is 0 Å². The number of nitrogens with zero attached hydrogens (tertiary/aromatic N) is 2. The molecule has 2 rings (SSSR count). The Kier molecular flexibility index (Phi) is 2.75. The summed E-state index contributed by atoms with van der Waals surface area (Å²) in [5, 5.41) is 11.5. The van der Waals surface area contributed by atoms with E-state index >= 15 is 0 Å². The zero-order valence-corrected chi connectivity index (χ0v) is 9.13. The summed E-state index contributed by atoms with van der Waals surface area (Å²) in [7, 11) is 6.84. The smallest absolute Gasteiger partial charge is 0.326 e. The number of carbonyl (C=O) groups excluding carboxylic acids is 1. The summed E-state index contributed by atoms with van der Waals surface area (Å²) in [4.78, 5) is 11.8. The van der Waals surface area contributed by atoms with Gasteiger partial charge in [0.25, 0.3) is 0 Å². The van der Waals surface area contributed by atoms with E-state index in [1.165, 1.54) is 18.4 Å². The van der Waals surface area contributed by atoms with E-state index < -0.39 is 5.54 Å². The molecule has 1 fully saturated rings. The second-order valence-corrected chi connectivity index (χ2v) is 4.55. The number of hydrogen-bond donors (Lipinski definition) is 1. The fourth-order valence-corrected chi connectivity index (χ4v) is 1.91. The van der Waals surface area contributed by atoms with Crippen molar-refractivity contribution in [3.63, 3.8) is 0 Å². The van der Waals surface area contributed by atoms with Crippen molar-refractivity contribution in [2.75, 3.05) is 7.11 Å². The Morgan fingerprint density at radius 1 is 1.67 bits per heavy atom. The van der Waals surface area contributed by atoms with Crippen LogP contribution in [0.5, 0.6) is 0 Å². The van der Waals surface area contributed by atoms with Gasteiger partial charge in [0.05, 0.1) is 18.6 Å². The molecule has 1 N–H and O–H groups in total. The van der Waals surface area contributed by atoms with Gasteiger partial charge in [0.15, 0.2) is 7.85 Å². The predicted octanol–water partition coefficient (Wildman–Crippen LogP) is -0.873. The van der Waals surface area contributed by atoms with Gasteiger partial charge in [0.2, 0.25) is 0 Å². The lowest BCUT2D eigenvalue weighted by Crippen LogP contribution is -2.39. The van der Waals surface area contributed by atoms with Crippen molar-refractivity contribution < 1.29 is 9.53 Å². The minimum atomic E-state index is -0.491. The molecule has 0 unspecified atom stereocenters. The molecule has 0 amide bonds. The molecular weight excluding hydrogens is 213 g/mol. The molecule has 5 nitrogen and oxygen atoms in total. The molecule has 1 aliphatic rings. The van der Waals surface area contributed by atoms with Gasteiger partial charge in [-0.2, -0.15) is 5.10 Å². The quantitative estimate of drug-likeness (QED) is 0.530. The monoisotopic (exact) mass is 223 g/mol. The first-order valence-corrected chi connectivity index (χ1v) is 5.39. The van der Waals surface area contributed by atoms with Crippen LogP contribution in [0.2, 0.25) is 0 Å². The van der Waals surface area contributed by atoms with E-state index in [4.69, 9.17) is 12.6 Å². The minimum Gasteiger partial charge on any atom is -0.468 e. The molecule has 2 radical (unpaired) electrons. The molecule has 15 heavy (non-hydrogen) atoms. The first-order valence-electron chi connectivity index (χ1n) is 4.57. The van der Waals surface area contributed by atoms with Gasteiger partial charge in [-0.25, -0.2) is 0 Å². The van der Waals surface area contributed by atoms with Gasteiger partial charge in [-0.05, 0) is 12.8 Å². The van der Waals surface area contributed by atoms with Gasteiger partial charge in [-0.15, -0.1) is 16.4 Å². The van der Waals surface area contributed by atoms with E-state index in [0.717, 1.165) is 17.8 Å². The number of ether oxygens (including phenoxy) is 1. The molecule has 1 aliphatic carbocycles. The first-order chi connectivity index (χ1) is 7.16. The second kappa shape index (κ2) is 3.90. The molecule has 0 bridgehead atoms. The highest BCUT2D eigenvalue weighted by molar-refractivity contribution is 7.19. The lowest BCUT2D eigenvalue weighted by Gasteiger charge is -2.12. The van der Waals surface area contributed by atoms with Crippen LogP contribution in [-0.4, -0.2) is 36.7 Å². The Morgan fingerprint density at radius 2 is 2.40 bits per heavy atom. The number of rotatable bonds is 4. The van der Waals surface area contributed by atoms with Gasteiger partial charge >= 0.3 is 5.97 Å². The maximum atomic E-state index is 11.4. The molecule has 1 aromatic heterocycles. The SMILES string of the molecule is [B]c1nnc(CNC2(C(=O)OC)CC2)s1. The average Bonchev–Trinajstić information content (AvgIpc) is 2.93. The number of carbonyl (C=O) groups is 1. The van der Waals surface area contributed by atoms with E-state index in [0.29, 0.717) is 11.5 Å². The molecule has 1 heterocycles. The van der Waals surface area contributed by atoms with Crippen LogP contribution in [0, 0.1) is 0 Å². The summed E-state index contributed by atoms with van der Waals surface area (Å²) in [5.41, 5.74) is -0.491. The van der Waals surface area contributed by atoms with Crippen LogP contribution in [0.25, 0.3) is 0 Å². The van der Waals surface area contributed by atoms with Crippen molar-refractivity contribution in [2.45, 2.75) is 24.9 Å². The zero-order chi connectivity index (χ0) is 10.9. The van der Waals surface area contributed by atoms with Crippen LogP contribution in [0.1, 0.15) is 17.8 Å². The second-order valence-electron chi connectivity index (χ2n) is 3.46. The van der Waals surface area contributed by atoms with Crippen LogP contribution in [0.15, 0.2) is 0 Å². The Bertz CT molecular complexity index is 378. The number of hydrogen-bond acceptors (Lipinski definition) is 6. The normalized spacial score (nSPS) is 17.4.